The lowest BCUT2D eigenvalue weighted by Crippen LogP contribution is -2.34. The van der Waals surface area contributed by atoms with Crippen molar-refractivity contribution in [3.63, 3.8) is 0 Å². The Bertz CT molecular complexity index is 2110. The summed E-state index contributed by atoms with van der Waals surface area (Å²) in [5, 5.41) is 29.1. The highest BCUT2D eigenvalue weighted by molar-refractivity contribution is 5.87. The summed E-state index contributed by atoms with van der Waals surface area (Å²) in [7, 11) is 0. The highest BCUT2D eigenvalue weighted by Crippen LogP contribution is 2.14. The molecule has 0 fully saturated rings. The Morgan fingerprint density at radius 2 is 0.557 bits per heavy atom. The summed E-state index contributed by atoms with van der Waals surface area (Å²) >= 11 is 0. The molecular weight excluding hydrogens is 1120 g/mol. The van der Waals surface area contributed by atoms with Crippen molar-refractivity contribution < 1.29 is 43.0 Å². The normalized spacial score (nSPS) is 10.8. The third-order valence-electron chi connectivity index (χ3n) is 11.4. The summed E-state index contributed by atoms with van der Waals surface area (Å²) in [6.45, 7) is 33.8. The van der Waals surface area contributed by atoms with Crippen LogP contribution in [-0.4, -0.2) is 139 Å². The standard InChI is InChI=1S/C29H53N5O4.C18H36N6.C9H6O3.C8H18N2O2.2CH4/c1-8-9-12-30-20-23-17-24(21-31-13-10-15-33-26(35)37-28(2,3)4)19-25(18-23)22-32-14-11-16-34-27(36)38-29(5,6)7;19-4-1-7-22-13-16-10-17(14-23-8-2-5-20)12-18(11-16)15-24-9-3-6-21;10-4-7-1-8(5-11)3-9(2-7)6-12;1-8(2,3)12-7(11)10-6-4-5-9;;/h17-19,30-32H,8-16,20-22H2,1-7H3,(H,33,35)(H,34,36);10-12,22-24H,1-9,13-15,19-21H2;1-6H;4-6,9H2,1-3H3,(H,10,11);2*1H4. The van der Waals surface area contributed by atoms with E-state index in [0.29, 0.717) is 61.7 Å². The number of carbonyl (C=O) groups excluding carboxylic acids is 6. The van der Waals surface area contributed by atoms with Crippen LogP contribution in [0.4, 0.5) is 14.4 Å². The van der Waals surface area contributed by atoms with Gasteiger partial charge in [0.2, 0.25) is 0 Å². The number of carbonyl (C=O) groups is 6. The lowest BCUT2D eigenvalue weighted by molar-refractivity contribution is 0.0515. The van der Waals surface area contributed by atoms with E-state index in [9.17, 15) is 28.8 Å². The summed E-state index contributed by atoms with van der Waals surface area (Å²) < 4.78 is 15.5. The first-order valence-electron chi connectivity index (χ1n) is 30.6. The number of rotatable bonds is 38. The van der Waals surface area contributed by atoms with Gasteiger partial charge >= 0.3 is 18.3 Å². The summed E-state index contributed by atoms with van der Waals surface area (Å²) in [5.41, 5.74) is 29.2. The minimum absolute atomic E-state index is 0. The molecule has 22 heteroatoms. The molecule has 0 heterocycles. The van der Waals surface area contributed by atoms with E-state index in [-0.39, 0.29) is 33.1 Å². The average molecular weight is 1240 g/mol. The van der Waals surface area contributed by atoms with Crippen molar-refractivity contribution in [1.82, 2.24) is 47.9 Å². The largest absolute Gasteiger partial charge is 0.444 e. The van der Waals surface area contributed by atoms with Gasteiger partial charge in [-0.1, -0.05) is 64.6 Å². The zero-order valence-electron chi connectivity index (χ0n) is 54.0. The summed E-state index contributed by atoms with van der Waals surface area (Å²) in [4.78, 5) is 65.4. The first-order valence-corrected chi connectivity index (χ1v) is 30.6. The Morgan fingerprint density at radius 3 is 0.761 bits per heavy atom. The van der Waals surface area contributed by atoms with E-state index < -0.39 is 16.8 Å². The quantitative estimate of drug-likeness (QED) is 0.0147. The number of benzene rings is 3. The molecule has 0 radical (unpaired) electrons. The Morgan fingerprint density at radius 1 is 0.352 bits per heavy atom. The average Bonchev–Trinajstić information content (AvgIpc) is 3.50. The van der Waals surface area contributed by atoms with Crippen molar-refractivity contribution in [2.24, 2.45) is 22.9 Å². The molecule has 17 N–H and O–H groups in total. The van der Waals surface area contributed by atoms with Crippen LogP contribution in [0.15, 0.2) is 54.6 Å². The highest BCUT2D eigenvalue weighted by atomic mass is 16.6. The molecular formula is C66H121N13O9. The van der Waals surface area contributed by atoms with E-state index in [4.69, 9.17) is 37.1 Å². The number of alkyl carbamates (subject to hydrolysis) is 3. The monoisotopic (exact) mass is 1240 g/mol. The van der Waals surface area contributed by atoms with Crippen molar-refractivity contribution in [2.45, 2.75) is 192 Å². The molecule has 0 aromatic heterocycles. The van der Waals surface area contributed by atoms with E-state index in [1.165, 1.54) is 64.4 Å². The fourth-order valence-corrected chi connectivity index (χ4v) is 7.62. The molecule has 0 atom stereocenters. The van der Waals surface area contributed by atoms with Gasteiger partial charge in [-0.05, 0) is 224 Å². The number of ether oxygens (including phenoxy) is 3. The topological polar surface area (TPSA) is 342 Å². The maximum atomic E-state index is 11.7. The minimum atomic E-state index is -0.484. The molecule has 0 bridgehead atoms. The van der Waals surface area contributed by atoms with Crippen molar-refractivity contribution in [2.75, 3.05) is 85.1 Å². The molecule has 0 saturated heterocycles. The van der Waals surface area contributed by atoms with Crippen LogP contribution in [-0.2, 0) is 53.5 Å². The minimum Gasteiger partial charge on any atom is -0.444 e. The lowest BCUT2D eigenvalue weighted by Gasteiger charge is -2.19. The van der Waals surface area contributed by atoms with Crippen LogP contribution in [0, 0.1) is 0 Å². The Kier molecular flexibility index (Phi) is 51.9. The molecule has 3 rings (SSSR count). The number of hydrogen-bond donors (Lipinski definition) is 13. The third kappa shape index (κ3) is 52.1. The molecule has 0 saturated carbocycles. The fraction of sp³-hybridized carbons (Fsp3) is 0.636. The van der Waals surface area contributed by atoms with Gasteiger partial charge < -0.3 is 85.0 Å². The van der Waals surface area contributed by atoms with Crippen molar-refractivity contribution in [1.29, 1.82) is 0 Å². The van der Waals surface area contributed by atoms with E-state index in [1.807, 2.05) is 62.3 Å². The van der Waals surface area contributed by atoms with Gasteiger partial charge in [-0.15, -0.1) is 0 Å². The van der Waals surface area contributed by atoms with Gasteiger partial charge in [-0.3, -0.25) is 14.4 Å². The maximum absolute atomic E-state index is 11.7. The number of aldehydes is 3. The number of hydrogen-bond acceptors (Lipinski definition) is 19. The number of nitrogens with two attached hydrogens (primary N) is 4. The molecule has 0 aliphatic rings. The zero-order chi connectivity index (χ0) is 64.5. The Balaban J connectivity index is -0.00000122. The van der Waals surface area contributed by atoms with Crippen LogP contribution in [0.3, 0.4) is 0 Å². The summed E-state index contributed by atoms with van der Waals surface area (Å²) in [6.07, 6.45) is 8.46. The molecule has 3 aromatic rings. The molecule has 0 aliphatic heterocycles. The SMILES string of the molecule is C.C.CC(C)(C)OC(=O)NCCCN.CCCCNCc1cc(CNCCCNC(=O)OC(C)(C)C)cc(CNCCCNC(=O)OC(C)(C)C)c1.NCCCNCc1cc(CNCCCN)cc(CNCCCN)c1.O=Cc1cc(C=O)cc(C=O)c1. The second-order valence-corrected chi connectivity index (χ2v) is 23.6. The van der Waals surface area contributed by atoms with Crippen LogP contribution < -0.4 is 70.8 Å². The van der Waals surface area contributed by atoms with Gasteiger partial charge in [0.25, 0.3) is 0 Å². The van der Waals surface area contributed by atoms with E-state index in [1.54, 1.807) is 0 Å². The third-order valence-corrected chi connectivity index (χ3v) is 11.4. The van der Waals surface area contributed by atoms with Gasteiger partial charge in [-0.2, -0.15) is 0 Å². The fourth-order valence-electron chi connectivity index (χ4n) is 7.62. The van der Waals surface area contributed by atoms with E-state index in [2.05, 4.69) is 91.2 Å². The molecule has 3 aromatic carbocycles. The zero-order valence-corrected chi connectivity index (χ0v) is 54.0. The number of amides is 3. The maximum Gasteiger partial charge on any atom is 0.407 e. The second-order valence-electron chi connectivity index (χ2n) is 23.6. The molecule has 22 nitrogen and oxygen atoms in total. The van der Waals surface area contributed by atoms with Crippen molar-refractivity contribution in [3.8, 4) is 0 Å². The molecule has 88 heavy (non-hydrogen) atoms. The van der Waals surface area contributed by atoms with E-state index >= 15 is 0 Å². The van der Waals surface area contributed by atoms with Gasteiger partial charge in [-0.25, -0.2) is 14.4 Å². The van der Waals surface area contributed by atoms with Crippen molar-refractivity contribution >= 4 is 37.1 Å². The summed E-state index contributed by atoms with van der Waals surface area (Å²) in [6, 6.07) is 17.8. The second kappa shape index (κ2) is 53.0. The smallest absolute Gasteiger partial charge is 0.407 e. The Labute approximate surface area is 530 Å². The lowest BCUT2D eigenvalue weighted by atomic mass is 10.0. The van der Waals surface area contributed by atoms with Crippen LogP contribution in [0.1, 0.15) is 200 Å². The molecule has 0 aliphatic carbocycles. The van der Waals surface area contributed by atoms with Crippen LogP contribution in [0.25, 0.3) is 0 Å². The van der Waals surface area contributed by atoms with E-state index in [0.717, 1.165) is 137 Å². The van der Waals surface area contributed by atoms with Gasteiger partial charge in [0.05, 0.1) is 0 Å². The summed E-state index contributed by atoms with van der Waals surface area (Å²) in [5.74, 6) is 0. The molecule has 3 amide bonds. The first kappa shape index (κ1) is 86.3. The predicted octanol–water partition coefficient (Wildman–Crippen LogP) is 7.84. The van der Waals surface area contributed by atoms with Crippen LogP contribution in [0.2, 0.25) is 0 Å². The van der Waals surface area contributed by atoms with Crippen LogP contribution in [0.5, 0.6) is 0 Å². The Hall–Kier alpha value is -5.92. The predicted molar refractivity (Wildman–Crippen MR) is 361 cm³/mol. The van der Waals surface area contributed by atoms with Crippen molar-refractivity contribution in [3.05, 3.63) is 105 Å². The molecule has 0 unspecified atom stereocenters. The van der Waals surface area contributed by atoms with Crippen LogP contribution >= 0.6 is 0 Å². The first-order chi connectivity index (χ1) is 40.9. The number of unbranched alkanes of at least 4 members (excludes halogenated alkanes) is 1. The van der Waals surface area contributed by atoms with Gasteiger partial charge in [0.1, 0.15) is 35.7 Å². The number of nitrogens with one attached hydrogen (secondary N) is 9. The van der Waals surface area contributed by atoms with Gasteiger partial charge in [0, 0.05) is 75.6 Å². The van der Waals surface area contributed by atoms with Gasteiger partial charge in [0.15, 0.2) is 0 Å². The molecule has 504 valence electrons. The highest BCUT2D eigenvalue weighted by Gasteiger charge is 2.17. The molecule has 0 spiro atoms.